The fourth-order valence-electron chi connectivity index (χ4n) is 0.830. The molecule has 0 aliphatic carbocycles. The largest absolute Gasteiger partial charge is 0.396 e. The molecule has 1 heterocycles. The lowest BCUT2D eigenvalue weighted by Gasteiger charge is -1.99. The topological polar surface area (TPSA) is 57.6 Å². The number of hydrogen-bond acceptors (Lipinski definition) is 1. The number of allylic oxidation sites excluding steroid dienone is 1. The lowest BCUT2D eigenvalue weighted by Crippen LogP contribution is -2.31. The van der Waals surface area contributed by atoms with E-state index in [2.05, 4.69) is 22.8 Å². The van der Waals surface area contributed by atoms with Crippen LogP contribution < -0.4 is 4.57 Å². The molecule has 1 rings (SSSR count). The third kappa shape index (κ3) is 2.14. The van der Waals surface area contributed by atoms with Gasteiger partial charge in [0.2, 0.25) is 0 Å². The molecular formula is C7H9N5. The molecule has 0 amide bonds. The Bertz CT molecular complexity index is 331. The van der Waals surface area contributed by atoms with Crippen molar-refractivity contribution >= 4 is 0 Å². The minimum atomic E-state index is 0.477. The average Bonchev–Trinajstić information content (AvgIpc) is 2.36. The van der Waals surface area contributed by atoms with Crippen LogP contribution in [0.3, 0.4) is 0 Å². The van der Waals surface area contributed by atoms with E-state index >= 15 is 0 Å². The van der Waals surface area contributed by atoms with E-state index in [4.69, 9.17) is 5.53 Å². The Labute approximate surface area is 70.2 Å². The van der Waals surface area contributed by atoms with Gasteiger partial charge in [0.05, 0.1) is 19.9 Å². The van der Waals surface area contributed by atoms with Crippen LogP contribution in [0.4, 0.5) is 0 Å². The van der Waals surface area contributed by atoms with Crippen molar-refractivity contribution in [1.82, 2.24) is 4.57 Å². The zero-order valence-corrected chi connectivity index (χ0v) is 6.80. The van der Waals surface area contributed by atoms with Crippen LogP contribution in [0.2, 0.25) is 0 Å². The van der Waals surface area contributed by atoms with Crippen molar-refractivity contribution in [2.75, 3.05) is 0 Å². The highest BCUT2D eigenvalue weighted by atomic mass is 15.2. The summed E-state index contributed by atoms with van der Waals surface area (Å²) in [4.78, 5) is 2.63. The molecule has 0 saturated heterocycles. The van der Waals surface area contributed by atoms with Gasteiger partial charge in [-0.25, -0.2) is 0 Å². The zero-order valence-electron chi connectivity index (χ0n) is 6.80. The van der Waals surface area contributed by atoms with Crippen LogP contribution in [0.25, 0.3) is 10.4 Å². The number of aromatic nitrogens is 2. The third-order valence-corrected chi connectivity index (χ3v) is 1.29. The molecule has 0 aromatic carbocycles. The van der Waals surface area contributed by atoms with E-state index in [1.807, 2.05) is 17.9 Å². The van der Waals surface area contributed by atoms with Crippen LogP contribution in [-0.4, -0.2) is 4.57 Å². The molecule has 0 fully saturated rings. The standard InChI is InChI=1S/C7H9N5/c1-7(9-10-8)5-12-4-3-11(2)6-12/h3,6H,1,5H2,2H3. The van der Waals surface area contributed by atoms with Gasteiger partial charge in [0.25, 0.3) is 0 Å². The molecular weight excluding hydrogens is 154 g/mol. The quantitative estimate of drug-likeness (QED) is 0.209. The second kappa shape index (κ2) is 3.59. The first-order valence-corrected chi connectivity index (χ1v) is 3.38. The third-order valence-electron chi connectivity index (χ3n) is 1.29. The van der Waals surface area contributed by atoms with Gasteiger partial charge in [-0.3, -0.25) is 0 Å². The second-order valence-electron chi connectivity index (χ2n) is 2.42. The van der Waals surface area contributed by atoms with Crippen molar-refractivity contribution in [3.05, 3.63) is 41.4 Å². The van der Waals surface area contributed by atoms with Gasteiger partial charge in [0.15, 0.2) is 0 Å². The Kier molecular flexibility index (Phi) is 2.50. The van der Waals surface area contributed by atoms with Crippen LogP contribution in [0.15, 0.2) is 29.9 Å². The van der Waals surface area contributed by atoms with Gasteiger partial charge in [-0.15, -0.1) is 0 Å². The molecule has 1 aromatic rings. The maximum absolute atomic E-state index is 8.09. The Hall–Kier alpha value is -1.74. The lowest BCUT2D eigenvalue weighted by molar-refractivity contribution is -0.692. The van der Waals surface area contributed by atoms with E-state index < -0.39 is 0 Å². The van der Waals surface area contributed by atoms with Gasteiger partial charge >= 0.3 is 0 Å². The summed E-state index contributed by atoms with van der Waals surface area (Å²) in [6.07, 6.45) is 6.54. The molecule has 0 unspecified atom stereocenters. The Morgan fingerprint density at radius 3 is 3.17 bits per heavy atom. The molecule has 5 heteroatoms. The molecule has 0 aliphatic rings. The first-order chi connectivity index (χ1) is 5.72. The molecule has 62 valence electrons. The fourth-order valence-corrected chi connectivity index (χ4v) is 0.830. The SMILES string of the molecule is C=C(C[n+]1[c-]cn(C)c1)N=[N+]=[N-]. The van der Waals surface area contributed by atoms with Gasteiger partial charge < -0.3 is 9.13 Å². The maximum atomic E-state index is 8.09. The number of aryl methyl sites for hydroxylation is 1. The van der Waals surface area contributed by atoms with Gasteiger partial charge in [0.1, 0.15) is 0 Å². The number of nitrogens with zero attached hydrogens (tertiary/aromatic N) is 5. The van der Waals surface area contributed by atoms with E-state index in [0.717, 1.165) is 0 Å². The van der Waals surface area contributed by atoms with Crippen LogP contribution in [0.5, 0.6) is 0 Å². The Morgan fingerprint density at radius 1 is 1.92 bits per heavy atom. The van der Waals surface area contributed by atoms with Crippen molar-refractivity contribution < 1.29 is 4.57 Å². The van der Waals surface area contributed by atoms with Gasteiger partial charge in [-0.2, -0.15) is 0 Å². The summed E-state index contributed by atoms with van der Waals surface area (Å²) in [5.41, 5.74) is 8.57. The smallest absolute Gasteiger partial charge is 0.0961 e. The van der Waals surface area contributed by atoms with Crippen LogP contribution in [0.1, 0.15) is 0 Å². The van der Waals surface area contributed by atoms with E-state index in [-0.39, 0.29) is 0 Å². The van der Waals surface area contributed by atoms with E-state index in [1.165, 1.54) is 0 Å². The summed E-state index contributed by atoms with van der Waals surface area (Å²) in [6, 6.07) is 0. The summed E-state index contributed by atoms with van der Waals surface area (Å²) in [7, 11) is 1.89. The summed E-state index contributed by atoms with van der Waals surface area (Å²) in [6.45, 7) is 4.06. The molecule has 0 radical (unpaired) electrons. The molecule has 0 aliphatic heterocycles. The van der Waals surface area contributed by atoms with Crippen molar-refractivity contribution in [2.24, 2.45) is 12.2 Å². The highest BCUT2D eigenvalue weighted by molar-refractivity contribution is 4.87. The number of rotatable bonds is 3. The minimum Gasteiger partial charge on any atom is -0.396 e. The van der Waals surface area contributed by atoms with E-state index in [1.54, 1.807) is 10.8 Å². The molecule has 0 bridgehead atoms. The monoisotopic (exact) mass is 163 g/mol. The molecule has 0 saturated carbocycles. The summed E-state index contributed by atoms with van der Waals surface area (Å²) in [5.74, 6) is 0. The van der Waals surface area contributed by atoms with Crippen LogP contribution in [0, 0.1) is 6.20 Å². The second-order valence-corrected chi connectivity index (χ2v) is 2.42. The zero-order chi connectivity index (χ0) is 8.97. The molecule has 0 N–H and O–H groups in total. The molecule has 0 atom stereocenters. The van der Waals surface area contributed by atoms with Crippen molar-refractivity contribution in [3.8, 4) is 0 Å². The minimum absolute atomic E-state index is 0.477. The Morgan fingerprint density at radius 2 is 2.67 bits per heavy atom. The van der Waals surface area contributed by atoms with Gasteiger partial charge in [-0.05, 0) is 11.7 Å². The predicted octanol–water partition coefficient (Wildman–Crippen LogP) is 0.937. The molecule has 12 heavy (non-hydrogen) atoms. The summed E-state index contributed by atoms with van der Waals surface area (Å²) in [5, 5.41) is 3.37. The molecule has 1 aromatic heterocycles. The van der Waals surface area contributed by atoms with Gasteiger partial charge in [-0.1, -0.05) is 11.7 Å². The summed E-state index contributed by atoms with van der Waals surface area (Å²) >= 11 is 0. The first kappa shape index (κ1) is 8.36. The van der Waals surface area contributed by atoms with Crippen molar-refractivity contribution in [1.29, 1.82) is 0 Å². The number of hydrogen-bond donors (Lipinski definition) is 0. The molecule has 5 nitrogen and oxygen atoms in total. The highest BCUT2D eigenvalue weighted by Gasteiger charge is 1.92. The predicted molar refractivity (Wildman–Crippen MR) is 42.7 cm³/mol. The Balaban J connectivity index is 2.64. The van der Waals surface area contributed by atoms with Crippen LogP contribution in [-0.2, 0) is 13.6 Å². The van der Waals surface area contributed by atoms with Gasteiger partial charge in [0, 0.05) is 16.8 Å². The van der Waals surface area contributed by atoms with Crippen molar-refractivity contribution in [3.63, 3.8) is 0 Å². The number of imidazole rings is 1. The van der Waals surface area contributed by atoms with Crippen LogP contribution >= 0.6 is 0 Å². The highest BCUT2D eigenvalue weighted by Crippen LogP contribution is 1.91. The van der Waals surface area contributed by atoms with E-state index in [0.29, 0.717) is 12.2 Å². The normalized spacial score (nSPS) is 9.08. The maximum Gasteiger partial charge on any atom is 0.0961 e. The first-order valence-electron chi connectivity index (χ1n) is 3.38. The average molecular weight is 163 g/mol. The van der Waals surface area contributed by atoms with E-state index in [9.17, 15) is 0 Å². The fraction of sp³-hybridized carbons (Fsp3) is 0.286. The van der Waals surface area contributed by atoms with Crippen molar-refractivity contribution in [2.45, 2.75) is 6.54 Å². The molecule has 0 spiro atoms. The number of azide groups is 1. The lowest BCUT2D eigenvalue weighted by atomic mass is 10.5. The summed E-state index contributed by atoms with van der Waals surface area (Å²) < 4.78 is 3.61.